The summed E-state index contributed by atoms with van der Waals surface area (Å²) in [6.45, 7) is 3.07. The van der Waals surface area contributed by atoms with Gasteiger partial charge in [0.05, 0.1) is 12.5 Å². The highest BCUT2D eigenvalue weighted by molar-refractivity contribution is 5.89. The first kappa shape index (κ1) is 10.8. The number of nitrogens with zero attached hydrogens (tertiary/aromatic N) is 1. The summed E-state index contributed by atoms with van der Waals surface area (Å²) < 4.78 is 10.4. The van der Waals surface area contributed by atoms with Crippen LogP contribution >= 0.6 is 0 Å². The highest BCUT2D eigenvalue weighted by atomic mass is 16.5. The van der Waals surface area contributed by atoms with Gasteiger partial charge < -0.3 is 14.6 Å². The molecular weight excluding hydrogens is 204 g/mol. The van der Waals surface area contributed by atoms with Gasteiger partial charge in [-0.1, -0.05) is 18.5 Å². The molecule has 2 aromatic rings. The van der Waals surface area contributed by atoms with Crippen molar-refractivity contribution in [1.29, 1.82) is 0 Å². The van der Waals surface area contributed by atoms with Crippen LogP contribution in [0.25, 0.3) is 11.0 Å². The van der Waals surface area contributed by atoms with Gasteiger partial charge >= 0.3 is 0 Å². The summed E-state index contributed by atoms with van der Waals surface area (Å²) in [5.41, 5.74) is 0.778. The van der Waals surface area contributed by atoms with E-state index >= 15 is 0 Å². The second kappa shape index (κ2) is 4.88. The molecule has 4 heteroatoms. The van der Waals surface area contributed by atoms with Crippen molar-refractivity contribution >= 4 is 16.8 Å². The molecule has 0 amide bonds. The fraction of sp³-hybridized carbons (Fsp3) is 0.417. The van der Waals surface area contributed by atoms with E-state index < -0.39 is 0 Å². The van der Waals surface area contributed by atoms with Crippen molar-refractivity contribution in [2.75, 3.05) is 19.0 Å². The number of benzene rings is 1. The lowest BCUT2D eigenvalue weighted by atomic mass is 10.2. The second-order valence-electron chi connectivity index (χ2n) is 3.67. The predicted octanol–water partition coefficient (Wildman–Crippen LogP) is 3.05. The molecule has 0 aliphatic rings. The van der Waals surface area contributed by atoms with Crippen molar-refractivity contribution in [3.8, 4) is 5.75 Å². The van der Waals surface area contributed by atoms with Crippen LogP contribution in [-0.2, 0) is 0 Å². The minimum absolute atomic E-state index is 0.778. The van der Waals surface area contributed by atoms with Crippen LogP contribution in [0.5, 0.6) is 5.75 Å². The van der Waals surface area contributed by atoms with Crippen LogP contribution in [0.2, 0.25) is 0 Å². The molecule has 0 aliphatic carbocycles. The predicted molar refractivity (Wildman–Crippen MR) is 64.0 cm³/mol. The Kier molecular flexibility index (Phi) is 3.29. The van der Waals surface area contributed by atoms with Crippen molar-refractivity contribution in [2.45, 2.75) is 19.8 Å². The first-order valence-corrected chi connectivity index (χ1v) is 5.52. The van der Waals surface area contributed by atoms with Gasteiger partial charge in [0.2, 0.25) is 0 Å². The van der Waals surface area contributed by atoms with E-state index in [2.05, 4.69) is 17.4 Å². The molecule has 0 fully saturated rings. The fourth-order valence-corrected chi connectivity index (χ4v) is 1.56. The molecule has 1 heterocycles. The molecule has 0 unspecified atom stereocenters. The van der Waals surface area contributed by atoms with Crippen LogP contribution in [0.3, 0.4) is 0 Å². The first-order valence-electron chi connectivity index (χ1n) is 5.52. The van der Waals surface area contributed by atoms with E-state index in [4.69, 9.17) is 9.26 Å². The highest BCUT2D eigenvalue weighted by Gasteiger charge is 2.08. The second-order valence-corrected chi connectivity index (χ2v) is 3.67. The SMILES string of the molecule is CCCCNc1noc2ccc(OC)cc12. The maximum Gasteiger partial charge on any atom is 0.177 e. The Morgan fingerprint density at radius 3 is 3.06 bits per heavy atom. The van der Waals surface area contributed by atoms with Gasteiger partial charge in [-0.3, -0.25) is 0 Å². The van der Waals surface area contributed by atoms with Crippen molar-refractivity contribution in [2.24, 2.45) is 0 Å². The largest absolute Gasteiger partial charge is 0.497 e. The van der Waals surface area contributed by atoms with E-state index in [0.717, 1.165) is 41.9 Å². The molecule has 0 bridgehead atoms. The van der Waals surface area contributed by atoms with E-state index in [-0.39, 0.29) is 0 Å². The number of rotatable bonds is 5. The first-order chi connectivity index (χ1) is 7.85. The third kappa shape index (κ3) is 2.10. The van der Waals surface area contributed by atoms with Crippen LogP contribution < -0.4 is 10.1 Å². The Bertz CT molecular complexity index is 465. The van der Waals surface area contributed by atoms with E-state index in [1.807, 2.05) is 18.2 Å². The molecule has 0 saturated heterocycles. The number of methoxy groups -OCH3 is 1. The zero-order valence-electron chi connectivity index (χ0n) is 9.62. The maximum absolute atomic E-state index is 5.21. The lowest BCUT2D eigenvalue weighted by molar-refractivity contribution is 0.415. The van der Waals surface area contributed by atoms with Gasteiger partial charge in [0.15, 0.2) is 11.4 Å². The number of nitrogens with one attached hydrogen (secondary N) is 1. The third-order valence-electron chi connectivity index (χ3n) is 2.50. The van der Waals surface area contributed by atoms with Crippen LogP contribution in [0, 0.1) is 0 Å². The summed E-state index contributed by atoms with van der Waals surface area (Å²) in [6, 6.07) is 5.66. The van der Waals surface area contributed by atoms with Crippen molar-refractivity contribution < 1.29 is 9.26 Å². The van der Waals surface area contributed by atoms with E-state index in [0.29, 0.717) is 0 Å². The van der Waals surface area contributed by atoms with Gasteiger partial charge in [0.1, 0.15) is 5.75 Å². The molecule has 2 rings (SSSR count). The Hall–Kier alpha value is -1.71. The van der Waals surface area contributed by atoms with E-state index in [1.165, 1.54) is 0 Å². The summed E-state index contributed by atoms with van der Waals surface area (Å²) in [4.78, 5) is 0. The van der Waals surface area contributed by atoms with Crippen LogP contribution in [0.15, 0.2) is 22.7 Å². The van der Waals surface area contributed by atoms with E-state index in [1.54, 1.807) is 7.11 Å². The molecule has 86 valence electrons. The summed E-state index contributed by atoms with van der Waals surface area (Å²) >= 11 is 0. The lowest BCUT2D eigenvalue weighted by Gasteiger charge is -2.01. The number of aromatic nitrogens is 1. The summed E-state index contributed by atoms with van der Waals surface area (Å²) in [7, 11) is 1.65. The Balaban J connectivity index is 2.24. The molecular formula is C12H16N2O2. The number of fused-ring (bicyclic) bond motifs is 1. The molecule has 0 saturated carbocycles. The molecule has 1 N–H and O–H groups in total. The quantitative estimate of drug-likeness (QED) is 0.787. The third-order valence-corrected chi connectivity index (χ3v) is 2.50. The number of hydrogen-bond acceptors (Lipinski definition) is 4. The Morgan fingerprint density at radius 2 is 2.31 bits per heavy atom. The molecule has 1 aromatic carbocycles. The van der Waals surface area contributed by atoms with Gasteiger partial charge in [0.25, 0.3) is 0 Å². The zero-order chi connectivity index (χ0) is 11.4. The topological polar surface area (TPSA) is 47.3 Å². The minimum Gasteiger partial charge on any atom is -0.497 e. The van der Waals surface area contributed by atoms with Gasteiger partial charge in [-0.05, 0) is 24.6 Å². The molecule has 0 spiro atoms. The number of anilines is 1. The molecule has 0 aliphatic heterocycles. The minimum atomic E-state index is 0.778. The standard InChI is InChI=1S/C12H16N2O2/c1-3-4-7-13-12-10-8-9(15-2)5-6-11(10)16-14-12/h5-6,8H,3-4,7H2,1-2H3,(H,13,14). The van der Waals surface area contributed by atoms with Crippen LogP contribution in [-0.4, -0.2) is 18.8 Å². The highest BCUT2D eigenvalue weighted by Crippen LogP contribution is 2.26. The Labute approximate surface area is 94.6 Å². The monoisotopic (exact) mass is 220 g/mol. The lowest BCUT2D eigenvalue weighted by Crippen LogP contribution is -2.01. The summed E-state index contributed by atoms with van der Waals surface area (Å²) in [5, 5.41) is 8.23. The number of hydrogen-bond donors (Lipinski definition) is 1. The molecule has 0 radical (unpaired) electrons. The number of unbranched alkanes of at least 4 members (excludes halogenated alkanes) is 1. The normalized spacial score (nSPS) is 10.6. The average Bonchev–Trinajstić information content (AvgIpc) is 2.72. The van der Waals surface area contributed by atoms with Crippen molar-refractivity contribution in [3.05, 3.63) is 18.2 Å². The molecule has 4 nitrogen and oxygen atoms in total. The van der Waals surface area contributed by atoms with E-state index in [9.17, 15) is 0 Å². The zero-order valence-corrected chi connectivity index (χ0v) is 9.62. The molecule has 1 aromatic heterocycles. The van der Waals surface area contributed by atoms with Gasteiger partial charge in [0, 0.05) is 6.54 Å². The number of ether oxygens (including phenoxy) is 1. The molecule has 16 heavy (non-hydrogen) atoms. The Morgan fingerprint density at radius 1 is 1.44 bits per heavy atom. The van der Waals surface area contributed by atoms with Gasteiger partial charge in [-0.25, -0.2) is 0 Å². The molecule has 0 atom stereocenters. The smallest absolute Gasteiger partial charge is 0.177 e. The van der Waals surface area contributed by atoms with Gasteiger partial charge in [-0.2, -0.15) is 0 Å². The fourth-order valence-electron chi connectivity index (χ4n) is 1.56. The van der Waals surface area contributed by atoms with Crippen LogP contribution in [0.1, 0.15) is 19.8 Å². The summed E-state index contributed by atoms with van der Waals surface area (Å²) in [5.74, 6) is 1.61. The van der Waals surface area contributed by atoms with Crippen molar-refractivity contribution in [3.63, 3.8) is 0 Å². The maximum atomic E-state index is 5.21. The van der Waals surface area contributed by atoms with Crippen molar-refractivity contribution in [1.82, 2.24) is 5.16 Å². The van der Waals surface area contributed by atoms with Gasteiger partial charge in [-0.15, -0.1) is 0 Å². The van der Waals surface area contributed by atoms with Crippen LogP contribution in [0.4, 0.5) is 5.82 Å². The summed E-state index contributed by atoms with van der Waals surface area (Å²) in [6.07, 6.45) is 2.28. The average molecular weight is 220 g/mol.